The molecule has 3 heterocycles. The summed E-state index contributed by atoms with van der Waals surface area (Å²) in [4.78, 5) is 22.2. The van der Waals surface area contributed by atoms with Gasteiger partial charge in [0, 0.05) is 59.6 Å². The SMILES string of the molecule is O=[N+]([O-])c1cccc(-c2ccc(CN3CCc4nc(-c5ccc(Cl)cc5)ncc4C3)o2)c1. The van der Waals surface area contributed by atoms with Gasteiger partial charge in [0.2, 0.25) is 0 Å². The molecule has 0 bridgehead atoms. The number of benzene rings is 2. The van der Waals surface area contributed by atoms with Gasteiger partial charge in [-0.2, -0.15) is 0 Å². The maximum Gasteiger partial charge on any atom is 0.270 e. The molecular formula is C24H19ClN4O3. The molecule has 0 amide bonds. The van der Waals surface area contributed by atoms with Crippen LogP contribution in [0.15, 0.2) is 71.3 Å². The lowest BCUT2D eigenvalue weighted by molar-refractivity contribution is -0.384. The summed E-state index contributed by atoms with van der Waals surface area (Å²) in [7, 11) is 0. The Balaban J connectivity index is 1.28. The van der Waals surface area contributed by atoms with E-state index in [9.17, 15) is 10.1 Å². The molecule has 7 nitrogen and oxygen atoms in total. The van der Waals surface area contributed by atoms with Crippen molar-refractivity contribution < 1.29 is 9.34 Å². The van der Waals surface area contributed by atoms with Crippen LogP contribution < -0.4 is 0 Å². The molecule has 1 aliphatic rings. The van der Waals surface area contributed by atoms with E-state index in [1.54, 1.807) is 6.07 Å². The summed E-state index contributed by atoms with van der Waals surface area (Å²) in [5.41, 5.74) is 3.87. The van der Waals surface area contributed by atoms with Gasteiger partial charge < -0.3 is 4.42 Å². The number of furan rings is 1. The van der Waals surface area contributed by atoms with Crippen LogP contribution in [0.25, 0.3) is 22.7 Å². The minimum Gasteiger partial charge on any atom is -0.460 e. The highest BCUT2D eigenvalue weighted by Gasteiger charge is 2.20. The lowest BCUT2D eigenvalue weighted by Gasteiger charge is -2.27. The van der Waals surface area contributed by atoms with E-state index in [4.69, 9.17) is 21.0 Å². The molecule has 160 valence electrons. The average molecular weight is 447 g/mol. The molecule has 5 rings (SSSR count). The van der Waals surface area contributed by atoms with Crippen LogP contribution in [-0.4, -0.2) is 26.3 Å². The molecular weight excluding hydrogens is 428 g/mol. The first-order valence-electron chi connectivity index (χ1n) is 10.2. The third-order valence-corrected chi connectivity index (χ3v) is 5.75. The fourth-order valence-corrected chi connectivity index (χ4v) is 3.98. The van der Waals surface area contributed by atoms with Gasteiger partial charge in [0.15, 0.2) is 5.82 Å². The van der Waals surface area contributed by atoms with Crippen LogP contribution in [0.1, 0.15) is 17.0 Å². The second-order valence-electron chi connectivity index (χ2n) is 7.71. The Bertz CT molecular complexity index is 1290. The lowest BCUT2D eigenvalue weighted by Crippen LogP contribution is -2.30. The van der Waals surface area contributed by atoms with E-state index < -0.39 is 4.92 Å². The Kier molecular flexibility index (Phi) is 5.43. The van der Waals surface area contributed by atoms with Gasteiger partial charge in [-0.1, -0.05) is 23.7 Å². The second-order valence-corrected chi connectivity index (χ2v) is 8.14. The van der Waals surface area contributed by atoms with Crippen LogP contribution in [0.2, 0.25) is 5.02 Å². The molecule has 0 aliphatic carbocycles. The number of fused-ring (bicyclic) bond motifs is 1. The summed E-state index contributed by atoms with van der Waals surface area (Å²) in [5.74, 6) is 2.15. The largest absolute Gasteiger partial charge is 0.460 e. The quantitative estimate of drug-likeness (QED) is 0.296. The van der Waals surface area contributed by atoms with Crippen molar-refractivity contribution in [2.24, 2.45) is 0 Å². The number of hydrogen-bond acceptors (Lipinski definition) is 6. The summed E-state index contributed by atoms with van der Waals surface area (Å²) < 4.78 is 5.98. The van der Waals surface area contributed by atoms with E-state index in [1.165, 1.54) is 12.1 Å². The summed E-state index contributed by atoms with van der Waals surface area (Å²) in [6.07, 6.45) is 2.73. The molecule has 0 saturated heterocycles. The zero-order valence-corrected chi connectivity index (χ0v) is 17.8. The molecule has 1 aliphatic heterocycles. The van der Waals surface area contributed by atoms with Crippen LogP contribution in [0.3, 0.4) is 0 Å². The molecule has 8 heteroatoms. The third kappa shape index (κ3) is 4.26. The maximum atomic E-state index is 11.0. The highest BCUT2D eigenvalue weighted by Crippen LogP contribution is 2.28. The molecule has 32 heavy (non-hydrogen) atoms. The lowest BCUT2D eigenvalue weighted by atomic mass is 10.1. The number of hydrogen-bond donors (Lipinski definition) is 0. The monoisotopic (exact) mass is 446 g/mol. The van der Waals surface area contributed by atoms with Crippen LogP contribution >= 0.6 is 11.6 Å². The molecule has 0 N–H and O–H groups in total. The normalized spacial score (nSPS) is 13.7. The third-order valence-electron chi connectivity index (χ3n) is 5.50. The molecule has 2 aromatic heterocycles. The molecule has 0 fully saturated rings. The Labute approximate surface area is 189 Å². The molecule has 0 radical (unpaired) electrons. The number of halogens is 1. The van der Waals surface area contributed by atoms with Crippen LogP contribution in [0, 0.1) is 10.1 Å². The van der Waals surface area contributed by atoms with Crippen LogP contribution in [0.4, 0.5) is 5.69 Å². The van der Waals surface area contributed by atoms with E-state index >= 15 is 0 Å². The molecule has 0 spiro atoms. The summed E-state index contributed by atoms with van der Waals surface area (Å²) >= 11 is 5.97. The van der Waals surface area contributed by atoms with Gasteiger partial charge in [0.05, 0.1) is 17.2 Å². The van der Waals surface area contributed by atoms with E-state index in [1.807, 2.05) is 48.7 Å². The number of nitrogens with zero attached hydrogens (tertiary/aromatic N) is 4. The predicted molar refractivity (Wildman–Crippen MR) is 121 cm³/mol. The van der Waals surface area contributed by atoms with Gasteiger partial charge in [-0.05, 0) is 36.4 Å². The number of nitro groups is 1. The summed E-state index contributed by atoms with van der Waals surface area (Å²) in [6, 6.07) is 17.8. The number of non-ortho nitro benzene ring substituents is 1. The zero-order valence-electron chi connectivity index (χ0n) is 17.1. The topological polar surface area (TPSA) is 85.3 Å². The van der Waals surface area contributed by atoms with Crippen molar-refractivity contribution in [1.29, 1.82) is 0 Å². The Morgan fingerprint density at radius 2 is 1.94 bits per heavy atom. The minimum absolute atomic E-state index is 0.0473. The van der Waals surface area contributed by atoms with Crippen LogP contribution in [-0.2, 0) is 19.5 Å². The van der Waals surface area contributed by atoms with Gasteiger partial charge in [-0.3, -0.25) is 15.0 Å². The minimum atomic E-state index is -0.404. The van der Waals surface area contributed by atoms with Gasteiger partial charge in [-0.25, -0.2) is 9.97 Å². The van der Waals surface area contributed by atoms with E-state index in [-0.39, 0.29) is 5.69 Å². The first kappa shape index (κ1) is 20.4. The fourth-order valence-electron chi connectivity index (χ4n) is 3.86. The highest BCUT2D eigenvalue weighted by molar-refractivity contribution is 6.30. The van der Waals surface area contributed by atoms with Gasteiger partial charge >= 0.3 is 0 Å². The number of nitro benzene ring substituents is 1. The first-order valence-corrected chi connectivity index (χ1v) is 10.6. The van der Waals surface area contributed by atoms with Crippen molar-refractivity contribution in [3.05, 3.63) is 99.0 Å². The van der Waals surface area contributed by atoms with Gasteiger partial charge in [0.1, 0.15) is 11.5 Å². The predicted octanol–water partition coefficient (Wildman–Crippen LogP) is 5.52. The fraction of sp³-hybridized carbons (Fsp3) is 0.167. The average Bonchev–Trinajstić information content (AvgIpc) is 3.28. The smallest absolute Gasteiger partial charge is 0.270 e. The Hall–Kier alpha value is -3.55. The molecule has 2 aromatic carbocycles. The van der Waals surface area contributed by atoms with Crippen molar-refractivity contribution in [2.75, 3.05) is 6.54 Å². The van der Waals surface area contributed by atoms with Crippen LogP contribution in [0.5, 0.6) is 0 Å². The van der Waals surface area contributed by atoms with Gasteiger partial charge in [-0.15, -0.1) is 0 Å². The van der Waals surface area contributed by atoms with E-state index in [0.29, 0.717) is 28.7 Å². The maximum absolute atomic E-state index is 11.0. The zero-order chi connectivity index (χ0) is 22.1. The summed E-state index contributed by atoms with van der Waals surface area (Å²) in [5, 5.41) is 11.7. The molecule has 0 unspecified atom stereocenters. The number of rotatable bonds is 5. The second kappa shape index (κ2) is 8.53. The van der Waals surface area contributed by atoms with Crippen molar-refractivity contribution >= 4 is 17.3 Å². The Morgan fingerprint density at radius 3 is 2.75 bits per heavy atom. The van der Waals surface area contributed by atoms with Crippen molar-refractivity contribution in [3.8, 4) is 22.7 Å². The highest BCUT2D eigenvalue weighted by atomic mass is 35.5. The van der Waals surface area contributed by atoms with E-state index in [0.717, 1.165) is 42.1 Å². The molecule has 0 atom stereocenters. The van der Waals surface area contributed by atoms with E-state index in [2.05, 4.69) is 9.88 Å². The standard InChI is InChI=1S/C24H19ClN4O3/c25-19-6-4-16(5-7-19)24-26-13-18-14-28(11-10-22(18)27-24)15-21-8-9-23(32-21)17-2-1-3-20(12-17)29(30)31/h1-9,12-13H,10-11,14-15H2. The first-order chi connectivity index (χ1) is 15.5. The Morgan fingerprint density at radius 1 is 1.09 bits per heavy atom. The molecule has 4 aromatic rings. The van der Waals surface area contributed by atoms with Crippen molar-refractivity contribution in [3.63, 3.8) is 0 Å². The number of aromatic nitrogens is 2. The van der Waals surface area contributed by atoms with Crippen molar-refractivity contribution in [2.45, 2.75) is 19.5 Å². The molecule has 0 saturated carbocycles. The van der Waals surface area contributed by atoms with Crippen molar-refractivity contribution in [1.82, 2.24) is 14.9 Å². The summed E-state index contributed by atoms with van der Waals surface area (Å²) in [6.45, 7) is 2.24. The van der Waals surface area contributed by atoms with Gasteiger partial charge in [0.25, 0.3) is 5.69 Å².